The summed E-state index contributed by atoms with van der Waals surface area (Å²) in [6.45, 7) is 4.92. The van der Waals surface area contributed by atoms with Crippen LogP contribution in [0.3, 0.4) is 0 Å². The molecule has 0 aliphatic carbocycles. The Morgan fingerprint density at radius 2 is 1.93 bits per heavy atom. The van der Waals surface area contributed by atoms with Crippen molar-refractivity contribution >= 4 is 0 Å². The number of hydrogen-bond acceptors (Lipinski definition) is 3. The maximum absolute atomic E-state index is 5.71. The molecule has 2 N–H and O–H groups in total. The van der Waals surface area contributed by atoms with Gasteiger partial charge in [-0.2, -0.15) is 0 Å². The van der Waals surface area contributed by atoms with Crippen LogP contribution in [0.15, 0.2) is 24.3 Å². The van der Waals surface area contributed by atoms with Gasteiger partial charge in [-0.25, -0.2) is 0 Å². The fourth-order valence-corrected chi connectivity index (χ4v) is 1.29. The van der Waals surface area contributed by atoms with Gasteiger partial charge in [-0.15, -0.1) is 0 Å². The Kier molecular flexibility index (Phi) is 5.15. The minimum Gasteiger partial charge on any atom is -0.468 e. The molecule has 0 bridgehead atoms. The number of nitrogens with two attached hydrogens (primary N) is 1. The van der Waals surface area contributed by atoms with Gasteiger partial charge in [0.15, 0.2) is 6.79 Å². The fourth-order valence-electron chi connectivity index (χ4n) is 1.29. The van der Waals surface area contributed by atoms with Crippen LogP contribution in [0.4, 0.5) is 0 Å². The Morgan fingerprint density at radius 1 is 1.27 bits per heavy atom. The molecule has 15 heavy (non-hydrogen) atoms. The molecule has 0 saturated heterocycles. The van der Waals surface area contributed by atoms with E-state index in [1.807, 2.05) is 38.1 Å². The molecular formula is C12H19NO2. The lowest BCUT2D eigenvalue weighted by Crippen LogP contribution is -2.17. The zero-order valence-corrected chi connectivity index (χ0v) is 9.40. The highest BCUT2D eigenvalue weighted by Gasteiger charge is 1.98. The van der Waals surface area contributed by atoms with E-state index in [9.17, 15) is 0 Å². The van der Waals surface area contributed by atoms with Gasteiger partial charge in [-0.05, 0) is 38.0 Å². The first-order valence-electron chi connectivity index (χ1n) is 5.27. The third-order valence-corrected chi connectivity index (χ3v) is 1.99. The van der Waals surface area contributed by atoms with Gasteiger partial charge < -0.3 is 15.2 Å². The van der Waals surface area contributed by atoms with Crippen LogP contribution in [-0.4, -0.2) is 19.4 Å². The molecule has 1 atom stereocenters. The van der Waals surface area contributed by atoms with E-state index in [2.05, 4.69) is 0 Å². The van der Waals surface area contributed by atoms with E-state index in [-0.39, 0.29) is 6.04 Å². The van der Waals surface area contributed by atoms with Gasteiger partial charge in [0.2, 0.25) is 0 Å². The number of hydrogen-bond donors (Lipinski definition) is 1. The molecule has 1 unspecified atom stereocenters. The van der Waals surface area contributed by atoms with Crippen molar-refractivity contribution in [2.75, 3.05) is 13.4 Å². The zero-order valence-electron chi connectivity index (χ0n) is 9.40. The highest BCUT2D eigenvalue weighted by Crippen LogP contribution is 2.13. The molecule has 0 aliphatic rings. The van der Waals surface area contributed by atoms with E-state index in [4.69, 9.17) is 15.2 Å². The van der Waals surface area contributed by atoms with E-state index in [0.717, 1.165) is 12.2 Å². The molecule has 0 radical (unpaired) electrons. The highest BCUT2D eigenvalue weighted by atomic mass is 16.7. The molecule has 3 heteroatoms. The van der Waals surface area contributed by atoms with Crippen LogP contribution < -0.4 is 10.5 Å². The molecule has 0 aliphatic heterocycles. The average Bonchev–Trinajstić information content (AvgIpc) is 2.20. The van der Waals surface area contributed by atoms with Gasteiger partial charge in [0.25, 0.3) is 0 Å². The van der Waals surface area contributed by atoms with Crippen molar-refractivity contribution in [2.45, 2.75) is 26.3 Å². The second kappa shape index (κ2) is 6.43. The summed E-state index contributed by atoms with van der Waals surface area (Å²) in [7, 11) is 0. The maximum atomic E-state index is 5.71. The first-order valence-corrected chi connectivity index (χ1v) is 5.27. The van der Waals surface area contributed by atoms with Crippen molar-refractivity contribution in [2.24, 2.45) is 5.73 Å². The van der Waals surface area contributed by atoms with E-state index in [1.54, 1.807) is 0 Å². The molecule has 0 aromatic heterocycles. The summed E-state index contributed by atoms with van der Waals surface area (Å²) >= 11 is 0. The van der Waals surface area contributed by atoms with Crippen LogP contribution in [0.1, 0.15) is 19.4 Å². The molecule has 3 nitrogen and oxygen atoms in total. The monoisotopic (exact) mass is 209 g/mol. The summed E-state index contributed by atoms with van der Waals surface area (Å²) in [5, 5.41) is 0. The Bertz CT molecular complexity index is 269. The van der Waals surface area contributed by atoms with Crippen LogP contribution in [-0.2, 0) is 11.2 Å². The van der Waals surface area contributed by atoms with Crippen molar-refractivity contribution in [1.29, 1.82) is 0 Å². The summed E-state index contributed by atoms with van der Waals surface area (Å²) in [6, 6.07) is 8.14. The lowest BCUT2D eigenvalue weighted by Gasteiger charge is -2.08. The molecule has 0 heterocycles. The number of rotatable bonds is 6. The second-order valence-corrected chi connectivity index (χ2v) is 3.58. The molecular weight excluding hydrogens is 190 g/mol. The van der Waals surface area contributed by atoms with Crippen molar-refractivity contribution in [1.82, 2.24) is 0 Å². The van der Waals surface area contributed by atoms with Crippen LogP contribution in [0, 0.1) is 0 Å². The first-order chi connectivity index (χ1) is 7.22. The van der Waals surface area contributed by atoms with Crippen molar-refractivity contribution in [3.8, 4) is 5.75 Å². The zero-order chi connectivity index (χ0) is 11.1. The van der Waals surface area contributed by atoms with Crippen LogP contribution in [0.25, 0.3) is 0 Å². The van der Waals surface area contributed by atoms with E-state index in [0.29, 0.717) is 13.4 Å². The Morgan fingerprint density at radius 3 is 2.47 bits per heavy atom. The van der Waals surface area contributed by atoms with Gasteiger partial charge in [-0.3, -0.25) is 0 Å². The van der Waals surface area contributed by atoms with Crippen LogP contribution in [0.5, 0.6) is 5.75 Å². The van der Waals surface area contributed by atoms with E-state index < -0.39 is 0 Å². The summed E-state index contributed by atoms with van der Waals surface area (Å²) < 4.78 is 10.4. The summed E-state index contributed by atoms with van der Waals surface area (Å²) in [5.41, 5.74) is 6.94. The maximum Gasteiger partial charge on any atom is 0.189 e. The Balaban J connectivity index is 2.42. The largest absolute Gasteiger partial charge is 0.468 e. The smallest absolute Gasteiger partial charge is 0.189 e. The molecule has 84 valence electrons. The van der Waals surface area contributed by atoms with Gasteiger partial charge >= 0.3 is 0 Å². The predicted molar refractivity (Wildman–Crippen MR) is 60.9 cm³/mol. The van der Waals surface area contributed by atoms with Gasteiger partial charge in [-0.1, -0.05) is 12.1 Å². The molecule has 0 fully saturated rings. The Hall–Kier alpha value is -1.06. The first kappa shape index (κ1) is 12.0. The lowest BCUT2D eigenvalue weighted by atomic mass is 10.1. The van der Waals surface area contributed by atoms with Crippen molar-refractivity contribution in [3.05, 3.63) is 29.8 Å². The summed E-state index contributed by atoms with van der Waals surface area (Å²) in [6.07, 6.45) is 0.895. The standard InChI is InChI=1S/C12H19NO2/c1-3-14-9-15-12-6-4-11(5-7-12)8-10(2)13/h4-7,10H,3,8-9,13H2,1-2H3. The van der Waals surface area contributed by atoms with Crippen LogP contribution in [0.2, 0.25) is 0 Å². The lowest BCUT2D eigenvalue weighted by molar-refractivity contribution is 0.0224. The van der Waals surface area contributed by atoms with E-state index in [1.165, 1.54) is 5.56 Å². The normalized spacial score (nSPS) is 12.5. The number of benzene rings is 1. The van der Waals surface area contributed by atoms with Gasteiger partial charge in [0, 0.05) is 12.6 Å². The van der Waals surface area contributed by atoms with Gasteiger partial charge in [0.05, 0.1) is 0 Å². The summed E-state index contributed by atoms with van der Waals surface area (Å²) in [5.74, 6) is 0.830. The molecule has 0 amide bonds. The second-order valence-electron chi connectivity index (χ2n) is 3.58. The highest BCUT2D eigenvalue weighted by molar-refractivity contribution is 5.27. The third-order valence-electron chi connectivity index (χ3n) is 1.99. The average molecular weight is 209 g/mol. The minimum atomic E-state index is 0.195. The van der Waals surface area contributed by atoms with Gasteiger partial charge in [0.1, 0.15) is 5.75 Å². The van der Waals surface area contributed by atoms with Crippen molar-refractivity contribution in [3.63, 3.8) is 0 Å². The van der Waals surface area contributed by atoms with E-state index >= 15 is 0 Å². The van der Waals surface area contributed by atoms with Crippen molar-refractivity contribution < 1.29 is 9.47 Å². The topological polar surface area (TPSA) is 44.5 Å². The SMILES string of the molecule is CCOCOc1ccc(CC(C)N)cc1. The third kappa shape index (κ3) is 4.81. The molecule has 1 rings (SSSR count). The fraction of sp³-hybridized carbons (Fsp3) is 0.500. The number of ether oxygens (including phenoxy) is 2. The predicted octanol–water partition coefficient (Wildman–Crippen LogP) is 1.95. The molecule has 1 aromatic rings. The quantitative estimate of drug-likeness (QED) is 0.575. The molecule has 1 aromatic carbocycles. The summed E-state index contributed by atoms with van der Waals surface area (Å²) in [4.78, 5) is 0. The Labute approximate surface area is 91.2 Å². The minimum absolute atomic E-state index is 0.195. The van der Waals surface area contributed by atoms with Crippen LogP contribution >= 0.6 is 0 Å². The molecule has 0 saturated carbocycles. The molecule has 0 spiro atoms.